The second-order valence-electron chi connectivity index (χ2n) is 3.92. The Morgan fingerprint density at radius 1 is 1.37 bits per heavy atom. The number of ether oxygens (including phenoxy) is 1. The van der Waals surface area contributed by atoms with E-state index in [1.807, 2.05) is 24.3 Å². The lowest BCUT2D eigenvalue weighted by atomic mass is 10.3. The maximum atomic E-state index is 12.1. The van der Waals surface area contributed by atoms with Crippen LogP contribution in [0.3, 0.4) is 0 Å². The predicted molar refractivity (Wildman–Crippen MR) is 82.3 cm³/mol. The summed E-state index contributed by atoms with van der Waals surface area (Å²) in [5, 5.41) is 2.88. The minimum atomic E-state index is -0.0985. The number of benzene rings is 1. The number of hydrogen-bond donors (Lipinski definition) is 1. The standard InChI is InChI=1S/C14H14BrNO2S/c1-3-10-5-7-13(19-10)14(17)16-12-8-9(18-2)4-6-11(12)15/h4-8H,3H2,1-2H3,(H,16,17). The molecule has 0 unspecified atom stereocenters. The van der Waals surface area contributed by atoms with Crippen molar-refractivity contribution in [3.63, 3.8) is 0 Å². The molecule has 1 amide bonds. The molecule has 1 heterocycles. The number of halogens is 1. The maximum absolute atomic E-state index is 12.1. The smallest absolute Gasteiger partial charge is 0.265 e. The van der Waals surface area contributed by atoms with Gasteiger partial charge in [0.1, 0.15) is 5.75 Å². The van der Waals surface area contributed by atoms with Crippen LogP contribution in [0.4, 0.5) is 5.69 Å². The Bertz CT molecular complexity index is 595. The number of thiophene rings is 1. The van der Waals surface area contributed by atoms with Gasteiger partial charge in [-0.1, -0.05) is 6.92 Å². The Hall–Kier alpha value is -1.33. The van der Waals surface area contributed by atoms with Crippen LogP contribution in [0.1, 0.15) is 21.5 Å². The van der Waals surface area contributed by atoms with Crippen molar-refractivity contribution in [3.05, 3.63) is 44.6 Å². The van der Waals surface area contributed by atoms with Crippen molar-refractivity contribution < 1.29 is 9.53 Å². The van der Waals surface area contributed by atoms with E-state index >= 15 is 0 Å². The van der Waals surface area contributed by atoms with Crippen molar-refractivity contribution in [2.75, 3.05) is 12.4 Å². The topological polar surface area (TPSA) is 38.3 Å². The monoisotopic (exact) mass is 339 g/mol. The summed E-state index contributed by atoms with van der Waals surface area (Å²) in [5.74, 6) is 0.609. The van der Waals surface area contributed by atoms with Crippen molar-refractivity contribution in [3.8, 4) is 5.75 Å². The van der Waals surface area contributed by atoms with E-state index < -0.39 is 0 Å². The maximum Gasteiger partial charge on any atom is 0.265 e. The minimum Gasteiger partial charge on any atom is -0.497 e. The summed E-state index contributed by atoms with van der Waals surface area (Å²) in [6.45, 7) is 2.08. The largest absolute Gasteiger partial charge is 0.497 e. The van der Waals surface area contributed by atoms with E-state index in [4.69, 9.17) is 4.74 Å². The Labute approximate surface area is 124 Å². The molecule has 1 aromatic carbocycles. The molecule has 0 bridgehead atoms. The molecule has 0 fully saturated rings. The van der Waals surface area contributed by atoms with Crippen molar-refractivity contribution in [2.45, 2.75) is 13.3 Å². The van der Waals surface area contributed by atoms with Crippen LogP contribution >= 0.6 is 27.3 Å². The van der Waals surface area contributed by atoms with E-state index in [9.17, 15) is 4.79 Å². The third-order valence-electron chi connectivity index (χ3n) is 2.66. The lowest BCUT2D eigenvalue weighted by Crippen LogP contribution is -2.10. The number of carbonyl (C=O) groups is 1. The summed E-state index contributed by atoms with van der Waals surface area (Å²) in [6.07, 6.45) is 0.945. The molecule has 19 heavy (non-hydrogen) atoms. The average Bonchev–Trinajstić information content (AvgIpc) is 2.90. The zero-order valence-corrected chi connectivity index (χ0v) is 13.1. The molecule has 0 aliphatic heterocycles. The molecule has 100 valence electrons. The van der Waals surface area contributed by atoms with Gasteiger partial charge >= 0.3 is 0 Å². The SMILES string of the molecule is CCc1ccc(C(=O)Nc2cc(OC)ccc2Br)s1. The van der Waals surface area contributed by atoms with Crippen molar-refractivity contribution >= 4 is 38.9 Å². The fourth-order valence-electron chi connectivity index (χ4n) is 1.60. The fourth-order valence-corrected chi connectivity index (χ4v) is 2.79. The van der Waals surface area contributed by atoms with Crippen LogP contribution in [0.5, 0.6) is 5.75 Å². The van der Waals surface area contributed by atoms with Crippen LogP contribution in [0.25, 0.3) is 0 Å². The van der Waals surface area contributed by atoms with Crippen LogP contribution in [-0.4, -0.2) is 13.0 Å². The molecule has 0 aliphatic rings. The van der Waals surface area contributed by atoms with Gasteiger partial charge < -0.3 is 10.1 Å². The van der Waals surface area contributed by atoms with Gasteiger partial charge in [0.25, 0.3) is 5.91 Å². The van der Waals surface area contributed by atoms with E-state index in [0.29, 0.717) is 16.3 Å². The molecule has 5 heteroatoms. The van der Waals surface area contributed by atoms with Gasteiger partial charge in [-0.15, -0.1) is 11.3 Å². The quantitative estimate of drug-likeness (QED) is 0.899. The highest BCUT2D eigenvalue weighted by molar-refractivity contribution is 9.10. The van der Waals surface area contributed by atoms with E-state index in [1.165, 1.54) is 16.2 Å². The van der Waals surface area contributed by atoms with Gasteiger partial charge in [-0.2, -0.15) is 0 Å². The lowest BCUT2D eigenvalue weighted by Gasteiger charge is -2.08. The van der Waals surface area contributed by atoms with E-state index in [-0.39, 0.29) is 5.91 Å². The van der Waals surface area contributed by atoms with Crippen LogP contribution in [0.2, 0.25) is 0 Å². The highest BCUT2D eigenvalue weighted by Gasteiger charge is 2.11. The first-order chi connectivity index (χ1) is 9.13. The molecule has 0 spiro atoms. The summed E-state index contributed by atoms with van der Waals surface area (Å²) in [7, 11) is 1.60. The molecule has 1 N–H and O–H groups in total. The molecule has 1 aromatic heterocycles. The number of hydrogen-bond acceptors (Lipinski definition) is 3. The highest BCUT2D eigenvalue weighted by Crippen LogP contribution is 2.28. The zero-order chi connectivity index (χ0) is 13.8. The van der Waals surface area contributed by atoms with E-state index in [2.05, 4.69) is 28.2 Å². The fraction of sp³-hybridized carbons (Fsp3) is 0.214. The highest BCUT2D eigenvalue weighted by atomic mass is 79.9. The van der Waals surface area contributed by atoms with E-state index in [1.54, 1.807) is 13.2 Å². The van der Waals surface area contributed by atoms with Gasteiger partial charge in [-0.05, 0) is 46.6 Å². The Morgan fingerprint density at radius 2 is 2.16 bits per heavy atom. The Morgan fingerprint density at radius 3 is 2.79 bits per heavy atom. The van der Waals surface area contributed by atoms with Crippen molar-refractivity contribution in [1.82, 2.24) is 0 Å². The lowest BCUT2D eigenvalue weighted by molar-refractivity contribution is 0.103. The molecular formula is C14H14BrNO2S. The number of rotatable bonds is 4. The first-order valence-electron chi connectivity index (χ1n) is 5.87. The summed E-state index contributed by atoms with van der Waals surface area (Å²) < 4.78 is 5.98. The number of anilines is 1. The summed E-state index contributed by atoms with van der Waals surface area (Å²) in [6, 6.07) is 9.31. The predicted octanol–water partition coefficient (Wildman–Crippen LogP) is 4.33. The van der Waals surface area contributed by atoms with Gasteiger partial charge in [-0.3, -0.25) is 4.79 Å². The van der Waals surface area contributed by atoms with Crippen molar-refractivity contribution in [1.29, 1.82) is 0 Å². The van der Waals surface area contributed by atoms with Crippen LogP contribution in [0.15, 0.2) is 34.8 Å². The van der Waals surface area contributed by atoms with E-state index in [0.717, 1.165) is 10.9 Å². The zero-order valence-electron chi connectivity index (χ0n) is 10.7. The molecule has 0 radical (unpaired) electrons. The van der Waals surface area contributed by atoms with Gasteiger partial charge in [0.15, 0.2) is 0 Å². The number of aryl methyl sites for hydroxylation is 1. The number of amides is 1. The second-order valence-corrected chi connectivity index (χ2v) is 5.94. The number of carbonyl (C=O) groups excluding carboxylic acids is 1. The molecule has 2 aromatic rings. The van der Waals surface area contributed by atoms with Gasteiger partial charge in [0.05, 0.1) is 17.7 Å². The van der Waals surface area contributed by atoms with Crippen LogP contribution < -0.4 is 10.1 Å². The van der Waals surface area contributed by atoms with Crippen LogP contribution in [0, 0.1) is 0 Å². The Kier molecular flexibility index (Phi) is 4.61. The molecule has 0 saturated heterocycles. The second kappa shape index (κ2) is 6.21. The summed E-state index contributed by atoms with van der Waals surface area (Å²) in [4.78, 5) is 14.1. The summed E-state index contributed by atoms with van der Waals surface area (Å²) in [5.41, 5.74) is 0.704. The first kappa shape index (κ1) is 14.1. The van der Waals surface area contributed by atoms with Gasteiger partial charge in [0.2, 0.25) is 0 Å². The normalized spacial score (nSPS) is 10.3. The Balaban J connectivity index is 2.18. The molecule has 0 atom stereocenters. The molecule has 0 aliphatic carbocycles. The molecular weight excluding hydrogens is 326 g/mol. The third kappa shape index (κ3) is 3.36. The van der Waals surface area contributed by atoms with Crippen LogP contribution in [-0.2, 0) is 6.42 Å². The number of methoxy groups -OCH3 is 1. The molecule has 3 nitrogen and oxygen atoms in total. The summed E-state index contributed by atoms with van der Waals surface area (Å²) >= 11 is 4.93. The van der Waals surface area contributed by atoms with Crippen molar-refractivity contribution in [2.24, 2.45) is 0 Å². The minimum absolute atomic E-state index is 0.0985. The molecule has 2 rings (SSSR count). The third-order valence-corrected chi connectivity index (χ3v) is 4.58. The average molecular weight is 340 g/mol. The van der Waals surface area contributed by atoms with Gasteiger partial charge in [0, 0.05) is 15.4 Å². The van der Waals surface area contributed by atoms with Gasteiger partial charge in [-0.25, -0.2) is 0 Å². The molecule has 0 saturated carbocycles. The number of nitrogens with one attached hydrogen (secondary N) is 1. The first-order valence-corrected chi connectivity index (χ1v) is 7.48.